The molecule has 1 aromatic heterocycles. The molecule has 0 amide bonds. The fraction of sp³-hybridized carbons (Fsp3) is 0.714. The smallest absolute Gasteiger partial charge is 0.314 e. The van der Waals surface area contributed by atoms with Gasteiger partial charge in [-0.15, -0.1) is 0 Å². The average Bonchev–Trinajstić information content (AvgIpc) is 2.37. The summed E-state index contributed by atoms with van der Waals surface area (Å²) in [5.74, 6) is 0. The molecular weight excluding hydrogens is 242 g/mol. The van der Waals surface area contributed by atoms with Crippen LogP contribution in [0.15, 0.2) is 15.8 Å². The van der Waals surface area contributed by atoms with Gasteiger partial charge in [0.05, 0.1) is 0 Å². The van der Waals surface area contributed by atoms with Gasteiger partial charge in [-0.3, -0.25) is 9.36 Å². The Bertz CT molecular complexity index is 510. The Balaban J connectivity index is 1.96. The highest BCUT2D eigenvalue weighted by Gasteiger charge is 2.10. The van der Waals surface area contributed by atoms with Crippen LogP contribution in [0.5, 0.6) is 0 Å². The van der Waals surface area contributed by atoms with Crippen LogP contribution in [0.1, 0.15) is 37.7 Å². The summed E-state index contributed by atoms with van der Waals surface area (Å²) < 4.78 is 1.14. The van der Waals surface area contributed by atoms with E-state index in [0.717, 1.165) is 24.2 Å². The van der Waals surface area contributed by atoms with E-state index in [0.29, 0.717) is 12.0 Å². The standard InChI is InChI=1S/C14H23N3O2/c1-16-13(18)12(11-15-14(16)19)7-10-17-8-5-3-2-4-6-9-17/h11H,2-10H2,1H3,(H,15,19). The van der Waals surface area contributed by atoms with Crippen LogP contribution in [0.4, 0.5) is 0 Å². The van der Waals surface area contributed by atoms with Crippen LogP contribution in [0.25, 0.3) is 0 Å². The number of likely N-dealkylation sites (tertiary alicyclic amines) is 1. The minimum absolute atomic E-state index is 0.171. The van der Waals surface area contributed by atoms with Crippen molar-refractivity contribution in [2.45, 2.75) is 38.5 Å². The summed E-state index contributed by atoms with van der Waals surface area (Å²) in [4.78, 5) is 28.2. The SMILES string of the molecule is Cn1c(=O)[nH]cc(CCN2CCCCCCC2)c1=O. The lowest BCUT2D eigenvalue weighted by Gasteiger charge is -2.24. The number of H-pyrrole nitrogens is 1. The molecule has 0 bridgehead atoms. The summed E-state index contributed by atoms with van der Waals surface area (Å²) in [5.41, 5.74) is 0.181. The molecule has 0 radical (unpaired) electrons. The maximum Gasteiger partial charge on any atom is 0.328 e. The minimum Gasteiger partial charge on any atom is -0.314 e. The molecule has 1 aromatic rings. The van der Waals surface area contributed by atoms with Crippen LogP contribution in [-0.4, -0.2) is 34.1 Å². The van der Waals surface area contributed by atoms with Crippen molar-refractivity contribution in [1.29, 1.82) is 0 Å². The van der Waals surface area contributed by atoms with E-state index in [1.165, 1.54) is 39.2 Å². The molecule has 0 atom stereocenters. The zero-order valence-electron chi connectivity index (χ0n) is 11.7. The summed E-state index contributed by atoms with van der Waals surface area (Å²) >= 11 is 0. The van der Waals surface area contributed by atoms with Crippen LogP contribution in [0.3, 0.4) is 0 Å². The second kappa shape index (κ2) is 6.70. The molecule has 1 aliphatic rings. The second-order valence-corrected chi connectivity index (χ2v) is 5.34. The zero-order chi connectivity index (χ0) is 13.7. The summed E-state index contributed by atoms with van der Waals surface area (Å²) in [7, 11) is 1.51. The lowest BCUT2D eigenvalue weighted by atomic mass is 10.1. The quantitative estimate of drug-likeness (QED) is 0.882. The summed E-state index contributed by atoms with van der Waals surface area (Å²) in [6.07, 6.45) is 8.77. The third-order valence-corrected chi connectivity index (χ3v) is 3.90. The van der Waals surface area contributed by atoms with Crippen molar-refractivity contribution in [3.63, 3.8) is 0 Å². The molecular formula is C14H23N3O2. The van der Waals surface area contributed by atoms with Gasteiger partial charge in [-0.25, -0.2) is 4.79 Å². The molecule has 1 aliphatic heterocycles. The molecule has 5 heteroatoms. The molecule has 0 aromatic carbocycles. The number of rotatable bonds is 3. The monoisotopic (exact) mass is 265 g/mol. The van der Waals surface area contributed by atoms with Crippen LogP contribution in [0, 0.1) is 0 Å². The maximum absolute atomic E-state index is 11.9. The number of aromatic nitrogens is 2. The molecule has 1 fully saturated rings. The van der Waals surface area contributed by atoms with Gasteiger partial charge in [0.1, 0.15) is 0 Å². The van der Waals surface area contributed by atoms with Crippen molar-refractivity contribution >= 4 is 0 Å². The Labute approximate surface area is 113 Å². The van der Waals surface area contributed by atoms with Gasteiger partial charge in [0.2, 0.25) is 0 Å². The molecule has 19 heavy (non-hydrogen) atoms. The fourth-order valence-corrected chi connectivity index (χ4v) is 2.61. The van der Waals surface area contributed by atoms with Crippen molar-refractivity contribution in [3.8, 4) is 0 Å². The predicted octanol–water partition coefficient (Wildman–Crippen LogP) is 0.882. The Morgan fingerprint density at radius 1 is 1.11 bits per heavy atom. The van der Waals surface area contributed by atoms with Gasteiger partial charge >= 0.3 is 5.69 Å². The average molecular weight is 265 g/mol. The lowest BCUT2D eigenvalue weighted by Crippen LogP contribution is -2.36. The molecule has 2 heterocycles. The van der Waals surface area contributed by atoms with E-state index in [4.69, 9.17) is 0 Å². The number of aromatic amines is 1. The molecule has 0 unspecified atom stereocenters. The van der Waals surface area contributed by atoms with Crippen molar-refractivity contribution < 1.29 is 0 Å². The van der Waals surface area contributed by atoms with Gasteiger partial charge in [-0.05, 0) is 32.4 Å². The van der Waals surface area contributed by atoms with E-state index >= 15 is 0 Å². The molecule has 106 valence electrons. The summed E-state index contributed by atoms with van der Waals surface area (Å²) in [5, 5.41) is 0. The third-order valence-electron chi connectivity index (χ3n) is 3.90. The number of nitrogens with one attached hydrogen (secondary N) is 1. The highest BCUT2D eigenvalue weighted by atomic mass is 16.2. The minimum atomic E-state index is -0.347. The van der Waals surface area contributed by atoms with Crippen molar-refractivity contribution in [1.82, 2.24) is 14.5 Å². The van der Waals surface area contributed by atoms with E-state index < -0.39 is 0 Å². The normalized spacial score (nSPS) is 17.9. The van der Waals surface area contributed by atoms with Gasteiger partial charge in [0.25, 0.3) is 5.56 Å². The van der Waals surface area contributed by atoms with Gasteiger partial charge in [0.15, 0.2) is 0 Å². The van der Waals surface area contributed by atoms with Crippen LogP contribution < -0.4 is 11.2 Å². The highest BCUT2D eigenvalue weighted by molar-refractivity contribution is 5.04. The number of hydrogen-bond acceptors (Lipinski definition) is 3. The number of hydrogen-bond donors (Lipinski definition) is 1. The molecule has 0 aliphatic carbocycles. The van der Waals surface area contributed by atoms with Crippen LogP contribution in [0.2, 0.25) is 0 Å². The molecule has 1 N–H and O–H groups in total. The van der Waals surface area contributed by atoms with E-state index in [1.54, 1.807) is 6.20 Å². The zero-order valence-corrected chi connectivity index (χ0v) is 11.7. The molecule has 5 nitrogen and oxygen atoms in total. The van der Waals surface area contributed by atoms with Gasteiger partial charge in [-0.2, -0.15) is 0 Å². The maximum atomic E-state index is 11.9. The molecule has 2 rings (SSSR count). The van der Waals surface area contributed by atoms with E-state index in [2.05, 4.69) is 9.88 Å². The lowest BCUT2D eigenvalue weighted by molar-refractivity contribution is 0.250. The highest BCUT2D eigenvalue weighted by Crippen LogP contribution is 2.10. The van der Waals surface area contributed by atoms with E-state index in [9.17, 15) is 9.59 Å². The van der Waals surface area contributed by atoms with Crippen LogP contribution in [-0.2, 0) is 13.5 Å². The molecule has 0 saturated carbocycles. The first-order valence-corrected chi connectivity index (χ1v) is 7.18. The summed E-state index contributed by atoms with van der Waals surface area (Å²) in [6.45, 7) is 3.16. The van der Waals surface area contributed by atoms with E-state index in [1.807, 2.05) is 0 Å². The number of nitrogens with zero attached hydrogens (tertiary/aromatic N) is 2. The van der Waals surface area contributed by atoms with Gasteiger partial charge in [0, 0.05) is 25.4 Å². The predicted molar refractivity (Wildman–Crippen MR) is 75.5 cm³/mol. The second-order valence-electron chi connectivity index (χ2n) is 5.34. The molecule has 1 saturated heterocycles. The van der Waals surface area contributed by atoms with Gasteiger partial charge in [-0.1, -0.05) is 19.3 Å². The van der Waals surface area contributed by atoms with Crippen LogP contribution >= 0.6 is 0 Å². The summed E-state index contributed by atoms with van der Waals surface area (Å²) in [6, 6.07) is 0. The largest absolute Gasteiger partial charge is 0.328 e. The fourth-order valence-electron chi connectivity index (χ4n) is 2.61. The van der Waals surface area contributed by atoms with E-state index in [-0.39, 0.29) is 11.2 Å². The van der Waals surface area contributed by atoms with Crippen molar-refractivity contribution in [3.05, 3.63) is 32.6 Å². The first-order chi connectivity index (χ1) is 9.18. The Morgan fingerprint density at radius 2 is 1.74 bits per heavy atom. The third kappa shape index (κ3) is 3.80. The first-order valence-electron chi connectivity index (χ1n) is 7.18. The van der Waals surface area contributed by atoms with Crippen molar-refractivity contribution in [2.24, 2.45) is 7.05 Å². The topological polar surface area (TPSA) is 58.1 Å². The van der Waals surface area contributed by atoms with Crippen molar-refractivity contribution in [2.75, 3.05) is 19.6 Å². The Hall–Kier alpha value is -1.36. The Morgan fingerprint density at radius 3 is 2.42 bits per heavy atom. The van der Waals surface area contributed by atoms with Gasteiger partial charge < -0.3 is 9.88 Å². The molecule has 0 spiro atoms. The first kappa shape index (κ1) is 14.1. The Kier molecular flexibility index (Phi) is 4.96.